The normalized spacial score (nSPS) is 23.1. The van der Waals surface area contributed by atoms with Gasteiger partial charge in [0.2, 0.25) is 0 Å². The summed E-state index contributed by atoms with van der Waals surface area (Å²) in [6, 6.07) is 31.3. The average molecular weight is 584 g/mol. The van der Waals surface area contributed by atoms with Gasteiger partial charge in [-0.2, -0.15) is 0 Å². The van der Waals surface area contributed by atoms with Crippen molar-refractivity contribution in [1.82, 2.24) is 10.2 Å². The molecule has 0 aromatic heterocycles. The molecule has 6 heteroatoms. The van der Waals surface area contributed by atoms with Crippen LogP contribution in [0.2, 0.25) is 0 Å². The van der Waals surface area contributed by atoms with Crippen molar-refractivity contribution in [2.75, 3.05) is 39.8 Å². The summed E-state index contributed by atoms with van der Waals surface area (Å²) >= 11 is 0. The summed E-state index contributed by atoms with van der Waals surface area (Å²) in [6.07, 6.45) is 1.02. The molecule has 184 valence electrons. The van der Waals surface area contributed by atoms with Gasteiger partial charge in [-0.3, -0.25) is 0 Å². The Bertz CT molecular complexity index is 1060. The minimum absolute atomic E-state index is 0. The molecule has 2 saturated heterocycles. The molecule has 0 spiro atoms. The molecule has 3 aromatic carbocycles. The monoisotopic (exact) mass is 583 g/mol. The number of amides is 2. The van der Waals surface area contributed by atoms with Crippen LogP contribution in [0.15, 0.2) is 91.0 Å². The van der Waals surface area contributed by atoms with Crippen LogP contribution in [-0.2, 0) is 16.9 Å². The highest BCUT2D eigenvalue weighted by molar-refractivity contribution is 5.80. The van der Waals surface area contributed by atoms with E-state index in [-0.39, 0.29) is 36.0 Å². The maximum atomic E-state index is 13.3. The van der Waals surface area contributed by atoms with E-state index in [2.05, 4.69) is 53.7 Å². The largest absolute Gasteiger partial charge is 1.00 e. The zero-order valence-corrected chi connectivity index (χ0v) is 22.4. The topological polar surface area (TPSA) is 41.6 Å². The van der Waals surface area contributed by atoms with E-state index < -0.39 is 5.54 Å². The smallest absolute Gasteiger partial charge is 0.319 e. The number of nitrogens with zero attached hydrogens (tertiary/aromatic N) is 2. The lowest BCUT2D eigenvalue weighted by molar-refractivity contribution is -0.898. The van der Waals surface area contributed by atoms with Crippen LogP contribution in [0.1, 0.15) is 23.1 Å². The number of benzene rings is 3. The van der Waals surface area contributed by atoms with Crippen LogP contribution in [0.4, 0.5) is 4.79 Å². The maximum Gasteiger partial charge on any atom is 0.319 e. The van der Waals surface area contributed by atoms with E-state index in [0.29, 0.717) is 13.2 Å². The first-order valence-electron chi connectivity index (χ1n) is 12.2. The van der Waals surface area contributed by atoms with Crippen molar-refractivity contribution in [1.29, 1.82) is 0 Å². The molecule has 3 aromatic rings. The van der Waals surface area contributed by atoms with Gasteiger partial charge in [-0.25, -0.2) is 4.79 Å². The van der Waals surface area contributed by atoms with Crippen LogP contribution < -0.4 is 29.3 Å². The van der Waals surface area contributed by atoms with Gasteiger partial charge in [0.1, 0.15) is 12.1 Å². The third-order valence-corrected chi connectivity index (χ3v) is 7.50. The first kappa shape index (κ1) is 25.7. The third kappa shape index (κ3) is 5.55. The van der Waals surface area contributed by atoms with Crippen LogP contribution in [0.25, 0.3) is 0 Å². The maximum absolute atomic E-state index is 13.3. The van der Waals surface area contributed by atoms with E-state index in [1.54, 1.807) is 0 Å². The second kappa shape index (κ2) is 11.1. The van der Waals surface area contributed by atoms with Crippen molar-refractivity contribution in [3.05, 3.63) is 108 Å². The van der Waals surface area contributed by atoms with Gasteiger partial charge in [0.15, 0.2) is 0 Å². The molecule has 0 aliphatic carbocycles. The Morgan fingerprint density at radius 3 is 2.11 bits per heavy atom. The molecule has 0 radical (unpaired) electrons. The number of quaternary nitrogens is 1. The molecule has 2 fully saturated rings. The quantitative estimate of drug-likeness (QED) is 0.248. The molecule has 0 bridgehead atoms. The predicted octanol–water partition coefficient (Wildman–Crippen LogP) is 1.40. The number of nitrogens with one attached hydrogen (secondary N) is 1. The highest BCUT2D eigenvalue weighted by Gasteiger charge is 2.50. The fourth-order valence-electron chi connectivity index (χ4n) is 5.51. The molecule has 2 aliphatic rings. The molecular weight excluding hydrogens is 549 g/mol. The number of hydrogen-bond donors (Lipinski definition) is 1. The van der Waals surface area contributed by atoms with Gasteiger partial charge in [-0.15, -0.1) is 0 Å². The van der Waals surface area contributed by atoms with Gasteiger partial charge in [0, 0.05) is 6.42 Å². The number of ether oxygens (including phenoxy) is 1. The molecule has 0 saturated carbocycles. The summed E-state index contributed by atoms with van der Waals surface area (Å²) in [5.74, 6) is 0. The Hall–Kier alpha value is -2.42. The molecule has 2 heterocycles. The molecule has 2 aliphatic heterocycles. The summed E-state index contributed by atoms with van der Waals surface area (Å²) in [7, 11) is 2.29. The van der Waals surface area contributed by atoms with Crippen LogP contribution in [0, 0.1) is 0 Å². The molecule has 2 unspecified atom stereocenters. The second-order valence-electron chi connectivity index (χ2n) is 9.93. The lowest BCUT2D eigenvalue weighted by Gasteiger charge is -2.32. The summed E-state index contributed by atoms with van der Waals surface area (Å²) in [4.78, 5) is 15.4. The number of halogens is 1. The molecule has 5 nitrogen and oxygen atoms in total. The first-order valence-corrected chi connectivity index (χ1v) is 12.2. The van der Waals surface area contributed by atoms with Crippen molar-refractivity contribution in [3.8, 4) is 0 Å². The van der Waals surface area contributed by atoms with E-state index in [9.17, 15) is 4.79 Å². The SMILES string of the molecule is C[N+]1(CCOCc2ccccc2)CCC(N2CC(c3ccccc3)(c3ccccc3)NC2=O)C1.[I-]. The number of likely N-dealkylation sites (tertiary alicyclic amines) is 1. The Labute approximate surface area is 225 Å². The van der Waals surface area contributed by atoms with E-state index in [1.165, 1.54) is 5.56 Å². The number of carbonyl (C=O) groups is 1. The van der Waals surface area contributed by atoms with Crippen LogP contribution >= 0.6 is 0 Å². The summed E-state index contributed by atoms with van der Waals surface area (Å²) < 4.78 is 6.91. The van der Waals surface area contributed by atoms with Gasteiger partial charge in [-0.05, 0) is 16.7 Å². The van der Waals surface area contributed by atoms with Crippen LogP contribution in [0.5, 0.6) is 0 Å². The van der Waals surface area contributed by atoms with Crippen molar-refractivity contribution in [3.63, 3.8) is 0 Å². The molecule has 35 heavy (non-hydrogen) atoms. The minimum atomic E-state index is -0.523. The van der Waals surface area contributed by atoms with Crippen molar-refractivity contribution < 1.29 is 38.0 Å². The third-order valence-electron chi connectivity index (χ3n) is 7.50. The molecule has 1 N–H and O–H groups in total. The van der Waals surface area contributed by atoms with Gasteiger partial charge in [0.05, 0.1) is 45.9 Å². The summed E-state index contributed by atoms with van der Waals surface area (Å²) in [5, 5.41) is 3.38. The zero-order chi connectivity index (χ0) is 23.4. The van der Waals surface area contributed by atoms with Gasteiger partial charge in [-0.1, -0.05) is 91.0 Å². The molecular formula is C29H34IN3O2. The minimum Gasteiger partial charge on any atom is -1.00 e. The number of likely N-dealkylation sites (N-methyl/N-ethyl adjacent to an activating group) is 1. The number of hydrogen-bond acceptors (Lipinski definition) is 2. The molecule has 2 amide bonds. The van der Waals surface area contributed by atoms with Gasteiger partial charge >= 0.3 is 6.03 Å². The Balaban J connectivity index is 0.00000289. The van der Waals surface area contributed by atoms with E-state index in [1.807, 2.05) is 54.6 Å². The highest BCUT2D eigenvalue weighted by atomic mass is 127. The molecule has 5 rings (SSSR count). The van der Waals surface area contributed by atoms with Crippen molar-refractivity contribution in [2.24, 2.45) is 0 Å². The fraction of sp³-hybridized carbons (Fsp3) is 0.345. The summed E-state index contributed by atoms with van der Waals surface area (Å²) in [5.41, 5.74) is 2.93. The first-order chi connectivity index (χ1) is 16.6. The van der Waals surface area contributed by atoms with E-state index in [4.69, 9.17) is 4.74 Å². The number of carbonyl (C=O) groups excluding carboxylic acids is 1. The predicted molar refractivity (Wildman–Crippen MR) is 134 cm³/mol. The van der Waals surface area contributed by atoms with Gasteiger partial charge < -0.3 is 43.4 Å². The molecule has 2 atom stereocenters. The van der Waals surface area contributed by atoms with Gasteiger partial charge in [0.25, 0.3) is 0 Å². The lowest BCUT2D eigenvalue weighted by atomic mass is 9.83. The highest BCUT2D eigenvalue weighted by Crippen LogP contribution is 2.37. The fourth-order valence-corrected chi connectivity index (χ4v) is 5.51. The van der Waals surface area contributed by atoms with Crippen LogP contribution in [-0.4, -0.2) is 61.3 Å². The van der Waals surface area contributed by atoms with E-state index >= 15 is 0 Å². The number of rotatable bonds is 8. The van der Waals surface area contributed by atoms with E-state index in [0.717, 1.165) is 48.3 Å². The van der Waals surface area contributed by atoms with Crippen LogP contribution in [0.3, 0.4) is 0 Å². The zero-order valence-electron chi connectivity index (χ0n) is 20.3. The average Bonchev–Trinajstić information content (AvgIpc) is 3.45. The standard InChI is InChI=1S/C29H33N3O2.HI/c1-32(19-20-34-22-24-11-5-2-6-12-24)18-17-27(21-32)31-23-29(30-28(31)33,25-13-7-3-8-14-25)26-15-9-4-10-16-26;/h2-16,27H,17-23H2,1H3;1H. The Kier molecular flexibility index (Phi) is 8.14. The number of urea groups is 1. The Morgan fingerprint density at radius 2 is 1.51 bits per heavy atom. The lowest BCUT2D eigenvalue weighted by Crippen LogP contribution is -3.00. The van der Waals surface area contributed by atoms with Crippen molar-refractivity contribution >= 4 is 6.03 Å². The second-order valence-corrected chi connectivity index (χ2v) is 9.93. The van der Waals surface area contributed by atoms with Crippen molar-refractivity contribution in [2.45, 2.75) is 24.6 Å². The Morgan fingerprint density at radius 1 is 0.943 bits per heavy atom. The summed E-state index contributed by atoms with van der Waals surface area (Å²) in [6.45, 7) is 5.00.